The number of nitriles is 3. The summed E-state index contributed by atoms with van der Waals surface area (Å²) in [5.41, 5.74) is 16.4. The minimum Gasteiger partial charge on any atom is -0.237 e. The first-order valence-electron chi connectivity index (χ1n) is 26.8. The number of nitrogens with zero attached hydrogens (tertiary/aromatic N) is 4. The second-order valence-electron chi connectivity index (χ2n) is 19.9. The zero-order chi connectivity index (χ0) is 55.1. The van der Waals surface area contributed by atoms with Gasteiger partial charge in [0.15, 0.2) is 0 Å². The Hall–Kier alpha value is -11.4. The lowest BCUT2D eigenvalue weighted by Crippen LogP contribution is -2.32. The summed E-state index contributed by atoms with van der Waals surface area (Å²) in [6.07, 6.45) is 0. The molecule has 0 fully saturated rings. The van der Waals surface area contributed by atoms with E-state index in [4.69, 9.17) is 6.57 Å². The zero-order valence-corrected chi connectivity index (χ0v) is 44.0. The lowest BCUT2D eigenvalue weighted by molar-refractivity contribution is 0.747. The van der Waals surface area contributed by atoms with Gasteiger partial charge in [-0.2, -0.15) is 15.8 Å². The molecule has 0 saturated heterocycles. The van der Waals surface area contributed by atoms with Gasteiger partial charge in [-0.05, 0) is 114 Å². The van der Waals surface area contributed by atoms with E-state index in [0.717, 1.165) is 111 Å². The normalized spacial score (nSPS) is 10.9. The molecule has 0 spiro atoms. The molecular formula is C77H48N4. The molecule has 81 heavy (non-hydrogen) atoms. The first-order valence-corrected chi connectivity index (χ1v) is 26.8. The van der Waals surface area contributed by atoms with E-state index < -0.39 is 5.41 Å². The van der Waals surface area contributed by atoms with Crippen molar-refractivity contribution in [3.05, 3.63) is 342 Å². The summed E-state index contributed by atoms with van der Waals surface area (Å²) in [7, 11) is 0. The van der Waals surface area contributed by atoms with Crippen LogP contribution in [0.4, 0.5) is 5.69 Å². The quantitative estimate of drug-likeness (QED) is 0.0904. The average Bonchev–Trinajstić information content (AvgIpc) is 3.12. The molecule has 0 N–H and O–H groups in total. The molecule has 4 heteroatoms. The third-order valence-electron chi connectivity index (χ3n) is 15.4. The summed E-state index contributed by atoms with van der Waals surface area (Å²) in [5, 5.41) is 34.7. The lowest BCUT2D eigenvalue weighted by Gasteiger charge is -2.40. The smallest absolute Gasteiger partial charge is 0.202 e. The molecule has 0 heterocycles. The van der Waals surface area contributed by atoms with E-state index in [1.54, 1.807) is 0 Å². The predicted octanol–water partition coefficient (Wildman–Crippen LogP) is 19.6. The van der Waals surface area contributed by atoms with E-state index in [-0.39, 0.29) is 0 Å². The van der Waals surface area contributed by atoms with Crippen LogP contribution in [0.1, 0.15) is 38.9 Å². The van der Waals surface area contributed by atoms with Crippen LogP contribution in [0.15, 0.2) is 291 Å². The fourth-order valence-corrected chi connectivity index (χ4v) is 11.7. The van der Waals surface area contributed by atoms with Crippen molar-refractivity contribution < 1.29 is 0 Å². The maximum absolute atomic E-state index is 11.6. The van der Waals surface area contributed by atoms with Crippen LogP contribution in [0.3, 0.4) is 0 Å². The van der Waals surface area contributed by atoms with Crippen LogP contribution in [-0.4, -0.2) is 0 Å². The van der Waals surface area contributed by atoms with E-state index in [1.807, 2.05) is 218 Å². The number of hydrogen-bond donors (Lipinski definition) is 0. The first kappa shape index (κ1) is 50.4. The molecule has 0 amide bonds. The predicted molar refractivity (Wildman–Crippen MR) is 329 cm³/mol. The molecule has 0 aliphatic carbocycles. The highest BCUT2D eigenvalue weighted by molar-refractivity contribution is 5.95. The molecule has 12 aromatic rings. The molecule has 376 valence electrons. The highest BCUT2D eigenvalue weighted by Gasteiger charge is 2.43. The second kappa shape index (κ2) is 22.3. The van der Waals surface area contributed by atoms with Gasteiger partial charge in [-0.15, -0.1) is 0 Å². The summed E-state index contributed by atoms with van der Waals surface area (Å²) in [5.74, 6) is 0. The maximum atomic E-state index is 11.6. The monoisotopic (exact) mass is 1030 g/mol. The molecule has 4 nitrogen and oxygen atoms in total. The third-order valence-corrected chi connectivity index (χ3v) is 15.4. The van der Waals surface area contributed by atoms with Crippen molar-refractivity contribution >= 4 is 5.69 Å². The summed E-state index contributed by atoms with van der Waals surface area (Å²) >= 11 is 0. The molecule has 0 aliphatic heterocycles. The van der Waals surface area contributed by atoms with Crippen molar-refractivity contribution in [2.75, 3.05) is 0 Å². The van der Waals surface area contributed by atoms with Crippen LogP contribution in [-0.2, 0) is 5.41 Å². The van der Waals surface area contributed by atoms with E-state index in [0.29, 0.717) is 22.4 Å². The minimum absolute atomic E-state index is 0.490. The van der Waals surface area contributed by atoms with Gasteiger partial charge in [-0.1, -0.05) is 255 Å². The third kappa shape index (κ3) is 9.33. The van der Waals surface area contributed by atoms with Crippen molar-refractivity contribution in [2.24, 2.45) is 0 Å². The standard InChI is InChI=1S/C77H48N4/c1-81-76-71(59-38-22-8-23-39-59)48-64(49-72(76)60-40-24-9-25-41-60)77(61-42-65(53-26-10-2-11-27-53)73(50-78)66(43-61)54-28-12-3-13-29-54,62-44-67(55-30-14-4-15-31-55)74(51-79)68(45-62)56-32-16-5-17-33-56)63-46-69(57-34-18-6-19-35-57)75(52-80)70(47-63)58-36-20-7-21-37-58/h2-49H. The summed E-state index contributed by atoms with van der Waals surface area (Å²) in [4.78, 5) is 4.40. The molecule has 12 aromatic carbocycles. The fourth-order valence-electron chi connectivity index (χ4n) is 11.7. The molecule has 0 atom stereocenters. The van der Waals surface area contributed by atoms with Crippen LogP contribution in [0.2, 0.25) is 0 Å². The Morgan fingerprint density at radius 1 is 0.247 bits per heavy atom. The minimum atomic E-state index is -1.43. The van der Waals surface area contributed by atoms with Gasteiger partial charge >= 0.3 is 0 Å². The van der Waals surface area contributed by atoms with Crippen molar-refractivity contribution in [1.29, 1.82) is 15.8 Å². The van der Waals surface area contributed by atoms with Crippen LogP contribution < -0.4 is 0 Å². The van der Waals surface area contributed by atoms with Crippen molar-refractivity contribution in [1.82, 2.24) is 0 Å². The van der Waals surface area contributed by atoms with Crippen molar-refractivity contribution in [3.63, 3.8) is 0 Å². The molecule has 0 aliphatic rings. The second-order valence-corrected chi connectivity index (χ2v) is 19.9. The van der Waals surface area contributed by atoms with Crippen molar-refractivity contribution in [2.45, 2.75) is 5.41 Å². The summed E-state index contributed by atoms with van der Waals surface area (Å²) < 4.78 is 0. The van der Waals surface area contributed by atoms with Crippen molar-refractivity contribution in [3.8, 4) is 107 Å². The van der Waals surface area contributed by atoms with Gasteiger partial charge in [0.2, 0.25) is 5.69 Å². The van der Waals surface area contributed by atoms with Gasteiger partial charge in [-0.3, -0.25) is 0 Å². The van der Waals surface area contributed by atoms with Gasteiger partial charge in [0.1, 0.15) is 18.2 Å². The molecule has 0 unspecified atom stereocenters. The van der Waals surface area contributed by atoms with Crippen LogP contribution in [0.25, 0.3) is 93.9 Å². The SMILES string of the molecule is [C-]#[N+]c1c(-c2ccccc2)cc(C(c2cc(-c3ccccc3)c(C#N)c(-c3ccccc3)c2)(c2cc(-c3ccccc3)c(C#N)c(-c3ccccc3)c2)c2cc(-c3ccccc3)c(C#N)c(-c3ccccc3)c2)cc1-c1ccccc1. The molecule has 0 aromatic heterocycles. The summed E-state index contributed by atoms with van der Waals surface area (Å²) in [6.45, 7) is 9.05. The first-order chi connectivity index (χ1) is 40.0. The van der Waals surface area contributed by atoms with Gasteiger partial charge in [0.25, 0.3) is 0 Å². The van der Waals surface area contributed by atoms with Gasteiger partial charge < -0.3 is 0 Å². The number of rotatable bonds is 12. The zero-order valence-electron chi connectivity index (χ0n) is 44.0. The highest BCUT2D eigenvalue weighted by Crippen LogP contribution is 2.55. The topological polar surface area (TPSA) is 75.7 Å². The Morgan fingerprint density at radius 3 is 0.568 bits per heavy atom. The number of hydrogen-bond acceptors (Lipinski definition) is 3. The Labute approximate surface area is 473 Å². The van der Waals surface area contributed by atoms with Crippen LogP contribution in [0.5, 0.6) is 0 Å². The Morgan fingerprint density at radius 2 is 0.407 bits per heavy atom. The van der Waals surface area contributed by atoms with E-state index in [9.17, 15) is 15.8 Å². The molecular weight excluding hydrogens is 981 g/mol. The van der Waals surface area contributed by atoms with E-state index >= 15 is 0 Å². The maximum Gasteiger partial charge on any atom is 0.202 e. The van der Waals surface area contributed by atoms with E-state index in [2.05, 4.69) is 95.8 Å². The molecule has 0 radical (unpaired) electrons. The molecule has 0 saturated carbocycles. The van der Waals surface area contributed by atoms with Gasteiger partial charge in [0, 0.05) is 33.4 Å². The largest absolute Gasteiger partial charge is 0.237 e. The molecule has 0 bridgehead atoms. The Balaban J connectivity index is 1.41. The highest BCUT2D eigenvalue weighted by atomic mass is 14.7. The Kier molecular flexibility index (Phi) is 13.9. The Bertz CT molecular complexity index is 3610. The average molecular weight is 1030 g/mol. The van der Waals surface area contributed by atoms with Crippen LogP contribution in [0, 0.1) is 40.6 Å². The van der Waals surface area contributed by atoms with Gasteiger partial charge in [0.05, 0.1) is 28.7 Å². The fraction of sp³-hybridized carbons (Fsp3) is 0.0130. The van der Waals surface area contributed by atoms with Crippen LogP contribution >= 0.6 is 0 Å². The van der Waals surface area contributed by atoms with Gasteiger partial charge in [-0.25, -0.2) is 4.85 Å². The lowest BCUT2D eigenvalue weighted by atomic mass is 9.61. The summed E-state index contributed by atoms with van der Waals surface area (Å²) in [6, 6.07) is 106. The number of benzene rings is 12. The molecule has 12 rings (SSSR count). The van der Waals surface area contributed by atoms with E-state index in [1.165, 1.54) is 0 Å².